The highest BCUT2D eigenvalue weighted by atomic mass is 32.2. The van der Waals surface area contributed by atoms with Gasteiger partial charge in [-0.15, -0.1) is 0 Å². The zero-order chi connectivity index (χ0) is 21.2. The Bertz CT molecular complexity index is 1060. The number of sulfonamides is 1. The molecule has 2 aromatic carbocycles. The van der Waals surface area contributed by atoms with Crippen LogP contribution in [0.15, 0.2) is 47.4 Å². The molecule has 2 aromatic rings. The molecule has 0 atom stereocenters. The van der Waals surface area contributed by atoms with Crippen molar-refractivity contribution < 1.29 is 26.9 Å². The molecule has 0 radical (unpaired) electrons. The van der Waals surface area contributed by atoms with Crippen molar-refractivity contribution in [3.8, 4) is 0 Å². The third-order valence-electron chi connectivity index (χ3n) is 4.38. The lowest BCUT2D eigenvalue weighted by atomic mass is 10.3. The van der Waals surface area contributed by atoms with Gasteiger partial charge in [-0.2, -0.15) is 0 Å². The monoisotopic (exact) mass is 425 g/mol. The minimum Gasteiger partial charge on any atom is -0.354 e. The Balaban J connectivity index is 1.98. The van der Waals surface area contributed by atoms with Crippen molar-refractivity contribution in [2.24, 2.45) is 5.92 Å². The summed E-state index contributed by atoms with van der Waals surface area (Å²) in [4.78, 5) is 22.0. The van der Waals surface area contributed by atoms with Crippen molar-refractivity contribution in [3.63, 3.8) is 0 Å². The number of non-ortho nitro benzene ring substituents is 1. The van der Waals surface area contributed by atoms with E-state index in [0.29, 0.717) is 28.9 Å². The maximum atomic E-state index is 13.6. The van der Waals surface area contributed by atoms with Crippen LogP contribution >= 0.6 is 0 Å². The fourth-order valence-electron chi connectivity index (χ4n) is 2.61. The maximum Gasteiger partial charge on any atom is 0.271 e. The molecule has 0 saturated heterocycles. The van der Waals surface area contributed by atoms with Crippen LogP contribution in [-0.4, -0.2) is 32.3 Å². The summed E-state index contributed by atoms with van der Waals surface area (Å²) in [6.07, 6.45) is 1.95. The lowest BCUT2D eigenvalue weighted by Crippen LogP contribution is -2.41. The number of carbonyl (C=O) groups is 1. The van der Waals surface area contributed by atoms with E-state index < -0.39 is 43.9 Å². The highest BCUT2D eigenvalue weighted by Gasteiger charge is 2.30. The van der Waals surface area contributed by atoms with Gasteiger partial charge in [0.15, 0.2) is 11.6 Å². The molecule has 1 amide bonds. The van der Waals surface area contributed by atoms with Gasteiger partial charge in [0.2, 0.25) is 5.91 Å². The van der Waals surface area contributed by atoms with E-state index in [-0.39, 0.29) is 11.4 Å². The average Bonchev–Trinajstić information content (AvgIpc) is 3.51. The topological polar surface area (TPSA) is 110 Å². The molecule has 3 rings (SSSR count). The Morgan fingerprint density at radius 2 is 1.90 bits per heavy atom. The molecule has 11 heteroatoms. The van der Waals surface area contributed by atoms with E-state index in [9.17, 15) is 32.1 Å². The number of carbonyl (C=O) groups excluding carboxylic acids is 1. The summed E-state index contributed by atoms with van der Waals surface area (Å²) in [5, 5.41) is 13.7. The summed E-state index contributed by atoms with van der Waals surface area (Å²) in [6.45, 7) is -0.276. The Morgan fingerprint density at radius 3 is 2.52 bits per heavy atom. The van der Waals surface area contributed by atoms with E-state index in [1.165, 1.54) is 18.2 Å². The SMILES string of the molecule is O=C(CN(c1cccc([N+](=O)[O-])c1)S(=O)(=O)c1ccc(F)c(F)c1)NCC1CC1. The van der Waals surface area contributed by atoms with Gasteiger partial charge in [0.25, 0.3) is 15.7 Å². The molecule has 8 nitrogen and oxygen atoms in total. The summed E-state index contributed by atoms with van der Waals surface area (Å²) in [5.74, 6) is -2.86. The van der Waals surface area contributed by atoms with Crippen LogP contribution in [0.3, 0.4) is 0 Å². The summed E-state index contributed by atoms with van der Waals surface area (Å²) in [7, 11) is -4.51. The van der Waals surface area contributed by atoms with Gasteiger partial charge >= 0.3 is 0 Å². The molecule has 1 fully saturated rings. The van der Waals surface area contributed by atoms with E-state index in [1.54, 1.807) is 0 Å². The number of hydrogen-bond donors (Lipinski definition) is 1. The number of halogens is 2. The van der Waals surface area contributed by atoms with Crippen LogP contribution in [0.1, 0.15) is 12.8 Å². The Kier molecular flexibility index (Phi) is 5.78. The lowest BCUT2D eigenvalue weighted by molar-refractivity contribution is -0.384. The van der Waals surface area contributed by atoms with Gasteiger partial charge in [0.1, 0.15) is 6.54 Å². The number of nitro groups is 1. The molecule has 29 heavy (non-hydrogen) atoms. The van der Waals surface area contributed by atoms with Crippen molar-refractivity contribution in [2.45, 2.75) is 17.7 Å². The molecule has 0 unspecified atom stereocenters. The van der Waals surface area contributed by atoms with Crippen LogP contribution in [0.5, 0.6) is 0 Å². The summed E-state index contributed by atoms with van der Waals surface area (Å²) in [6, 6.07) is 6.71. The Hall–Kier alpha value is -3.08. The molecule has 154 valence electrons. The first-order chi connectivity index (χ1) is 13.7. The molecule has 0 aliphatic heterocycles. The first-order valence-corrected chi connectivity index (χ1v) is 10.1. The number of amides is 1. The zero-order valence-electron chi connectivity index (χ0n) is 15.0. The molecular weight excluding hydrogens is 408 g/mol. The van der Waals surface area contributed by atoms with Crippen LogP contribution in [0.4, 0.5) is 20.2 Å². The molecule has 0 bridgehead atoms. The summed E-state index contributed by atoms with van der Waals surface area (Å²) < 4.78 is 53.6. The first-order valence-electron chi connectivity index (χ1n) is 8.67. The van der Waals surface area contributed by atoms with E-state index in [4.69, 9.17) is 0 Å². The number of benzene rings is 2. The number of nitrogens with zero attached hydrogens (tertiary/aromatic N) is 2. The first kappa shape index (κ1) is 20.6. The maximum absolute atomic E-state index is 13.6. The second-order valence-corrected chi connectivity index (χ2v) is 8.47. The highest BCUT2D eigenvalue weighted by molar-refractivity contribution is 7.92. The van der Waals surface area contributed by atoms with E-state index in [2.05, 4.69) is 5.32 Å². The third kappa shape index (κ3) is 4.86. The van der Waals surface area contributed by atoms with Crippen molar-refractivity contribution in [1.29, 1.82) is 0 Å². The minimum absolute atomic E-state index is 0.148. The van der Waals surface area contributed by atoms with E-state index in [0.717, 1.165) is 25.0 Å². The Morgan fingerprint density at radius 1 is 1.17 bits per heavy atom. The van der Waals surface area contributed by atoms with Gasteiger partial charge in [0, 0.05) is 18.7 Å². The number of nitro benzene ring substituents is 1. The quantitative estimate of drug-likeness (QED) is 0.516. The van der Waals surface area contributed by atoms with E-state index >= 15 is 0 Å². The van der Waals surface area contributed by atoms with Gasteiger partial charge in [0.05, 0.1) is 15.5 Å². The van der Waals surface area contributed by atoms with Gasteiger partial charge in [-0.1, -0.05) is 6.07 Å². The van der Waals surface area contributed by atoms with Crippen LogP contribution in [-0.2, 0) is 14.8 Å². The number of hydrogen-bond acceptors (Lipinski definition) is 5. The molecular formula is C18H17F2N3O5S. The molecule has 0 spiro atoms. The molecule has 1 aliphatic rings. The van der Waals surface area contributed by atoms with Crippen molar-refractivity contribution in [2.75, 3.05) is 17.4 Å². The van der Waals surface area contributed by atoms with Gasteiger partial charge < -0.3 is 5.32 Å². The molecule has 1 aliphatic carbocycles. The second-order valence-electron chi connectivity index (χ2n) is 6.61. The largest absolute Gasteiger partial charge is 0.354 e. The minimum atomic E-state index is -4.51. The Labute approximate surface area is 165 Å². The van der Waals surface area contributed by atoms with Gasteiger partial charge in [-0.3, -0.25) is 19.2 Å². The molecule has 1 saturated carbocycles. The zero-order valence-corrected chi connectivity index (χ0v) is 15.9. The molecule has 0 heterocycles. The predicted molar refractivity (Wildman–Crippen MR) is 99.7 cm³/mol. The normalized spacial score (nSPS) is 13.7. The number of anilines is 1. The molecule has 0 aromatic heterocycles. The van der Waals surface area contributed by atoms with Crippen molar-refractivity contribution in [3.05, 3.63) is 64.2 Å². The third-order valence-corrected chi connectivity index (χ3v) is 6.15. The molecule has 1 N–H and O–H groups in total. The predicted octanol–water partition coefficient (Wildman–Crippen LogP) is 2.59. The summed E-state index contributed by atoms with van der Waals surface area (Å²) >= 11 is 0. The van der Waals surface area contributed by atoms with Gasteiger partial charge in [-0.05, 0) is 43.0 Å². The number of rotatable bonds is 8. The van der Waals surface area contributed by atoms with Crippen LogP contribution < -0.4 is 9.62 Å². The summed E-state index contributed by atoms with van der Waals surface area (Å²) in [5.41, 5.74) is -0.531. The lowest BCUT2D eigenvalue weighted by Gasteiger charge is -2.24. The van der Waals surface area contributed by atoms with E-state index in [1.807, 2.05) is 0 Å². The average molecular weight is 425 g/mol. The fraction of sp³-hybridized carbons (Fsp3) is 0.278. The van der Waals surface area contributed by atoms with Gasteiger partial charge in [-0.25, -0.2) is 17.2 Å². The second kappa shape index (κ2) is 8.11. The highest BCUT2D eigenvalue weighted by Crippen LogP contribution is 2.29. The smallest absolute Gasteiger partial charge is 0.271 e. The van der Waals surface area contributed by atoms with Crippen LogP contribution in [0.2, 0.25) is 0 Å². The number of nitrogens with one attached hydrogen (secondary N) is 1. The van der Waals surface area contributed by atoms with Crippen LogP contribution in [0, 0.1) is 27.7 Å². The van der Waals surface area contributed by atoms with Crippen molar-refractivity contribution in [1.82, 2.24) is 5.32 Å². The fourth-order valence-corrected chi connectivity index (χ4v) is 4.03. The standard InChI is InChI=1S/C18H17F2N3O5S/c19-16-7-6-15(9-17(16)20)29(27,28)22(11-18(24)21-10-12-4-5-12)13-2-1-3-14(8-13)23(25)26/h1-3,6-9,12H,4-5,10-11H2,(H,21,24). The van der Waals surface area contributed by atoms with Crippen LogP contribution in [0.25, 0.3) is 0 Å². The van der Waals surface area contributed by atoms with Crippen molar-refractivity contribution >= 4 is 27.3 Å².